The van der Waals surface area contributed by atoms with Crippen LogP contribution in [0, 0.1) is 10.1 Å². The van der Waals surface area contributed by atoms with Gasteiger partial charge in [0.2, 0.25) is 0 Å². The molecule has 3 aromatic rings. The molecule has 0 bridgehead atoms. The van der Waals surface area contributed by atoms with Crippen LogP contribution in [0.5, 0.6) is 6.01 Å². The molecule has 5 rings (SSSR count). The van der Waals surface area contributed by atoms with Crippen LogP contribution in [0.25, 0.3) is 11.1 Å². The van der Waals surface area contributed by atoms with Crippen molar-refractivity contribution in [2.45, 2.75) is 25.6 Å². The molecule has 0 N–H and O–H groups in total. The van der Waals surface area contributed by atoms with E-state index in [1.54, 1.807) is 4.57 Å². The van der Waals surface area contributed by atoms with Crippen molar-refractivity contribution in [1.82, 2.24) is 14.5 Å². The van der Waals surface area contributed by atoms with Gasteiger partial charge in [-0.1, -0.05) is 42.5 Å². The molecule has 3 heterocycles. The van der Waals surface area contributed by atoms with Gasteiger partial charge >= 0.3 is 11.8 Å². The van der Waals surface area contributed by atoms with Gasteiger partial charge in [0, 0.05) is 36.9 Å². The van der Waals surface area contributed by atoms with Gasteiger partial charge in [-0.2, -0.15) is 0 Å². The van der Waals surface area contributed by atoms with Crippen molar-refractivity contribution in [2.24, 2.45) is 0 Å². The minimum atomic E-state index is -0.569. The molecular formula is C23H25N5O3. The van der Waals surface area contributed by atoms with E-state index < -0.39 is 10.6 Å². The SMILES string of the molecule is CC1n2cc([N+](=O)[O-])nc2OC1(C)N1CCN(c2ccc(-c3ccccc3)cc2)CC1. The van der Waals surface area contributed by atoms with Gasteiger partial charge in [0.15, 0.2) is 5.72 Å². The number of nitro groups is 1. The molecule has 2 aliphatic rings. The summed E-state index contributed by atoms with van der Waals surface area (Å²) in [5.41, 5.74) is 3.08. The molecule has 160 valence electrons. The quantitative estimate of drug-likeness (QED) is 0.471. The number of hydrogen-bond donors (Lipinski definition) is 0. The normalized spacial score (nSPS) is 23.4. The van der Waals surface area contributed by atoms with E-state index in [0.717, 1.165) is 26.2 Å². The second-order valence-corrected chi connectivity index (χ2v) is 8.27. The van der Waals surface area contributed by atoms with Crippen molar-refractivity contribution in [3.63, 3.8) is 0 Å². The van der Waals surface area contributed by atoms with Crippen LogP contribution in [0.1, 0.15) is 19.9 Å². The molecule has 2 unspecified atom stereocenters. The Morgan fingerprint density at radius 3 is 2.29 bits per heavy atom. The van der Waals surface area contributed by atoms with Crippen LogP contribution >= 0.6 is 0 Å². The standard InChI is InChI=1S/C23H25N5O3/c1-17-23(2,31-22-24-21(28(29)30)16-27(17)22)26-14-12-25(13-15-26)20-10-8-19(9-11-20)18-6-4-3-5-7-18/h3-11,16-17H,12-15H2,1-2H3. The summed E-state index contributed by atoms with van der Waals surface area (Å²) in [5.74, 6) is -0.173. The highest BCUT2D eigenvalue weighted by atomic mass is 16.6. The second kappa shape index (κ2) is 7.39. The smallest absolute Gasteiger partial charge is 0.416 e. The van der Waals surface area contributed by atoms with Crippen LogP contribution in [-0.2, 0) is 0 Å². The molecule has 1 saturated heterocycles. The zero-order valence-electron chi connectivity index (χ0n) is 17.6. The highest BCUT2D eigenvalue weighted by molar-refractivity contribution is 5.66. The van der Waals surface area contributed by atoms with Crippen molar-refractivity contribution in [1.29, 1.82) is 0 Å². The molecule has 0 amide bonds. The zero-order valence-corrected chi connectivity index (χ0v) is 17.6. The van der Waals surface area contributed by atoms with Crippen LogP contribution < -0.4 is 9.64 Å². The number of rotatable bonds is 4. The Balaban J connectivity index is 1.25. The molecule has 0 aliphatic carbocycles. The minimum absolute atomic E-state index is 0.0691. The predicted molar refractivity (Wildman–Crippen MR) is 118 cm³/mol. The average molecular weight is 419 g/mol. The number of imidazole rings is 1. The summed E-state index contributed by atoms with van der Waals surface area (Å²) in [6.07, 6.45) is 1.47. The molecule has 2 aromatic carbocycles. The van der Waals surface area contributed by atoms with Crippen molar-refractivity contribution in [3.05, 3.63) is 70.9 Å². The topological polar surface area (TPSA) is 76.7 Å². The van der Waals surface area contributed by atoms with E-state index in [1.807, 2.05) is 19.9 Å². The Morgan fingerprint density at radius 1 is 1.03 bits per heavy atom. The molecule has 2 aliphatic heterocycles. The first-order chi connectivity index (χ1) is 15.0. The second-order valence-electron chi connectivity index (χ2n) is 8.27. The molecule has 0 spiro atoms. The Labute approximate surface area is 180 Å². The number of hydrogen-bond acceptors (Lipinski definition) is 6. The van der Waals surface area contributed by atoms with Crippen molar-refractivity contribution in [3.8, 4) is 17.1 Å². The predicted octanol–water partition coefficient (Wildman–Crippen LogP) is 3.95. The lowest BCUT2D eigenvalue weighted by molar-refractivity contribution is -0.389. The van der Waals surface area contributed by atoms with Crippen LogP contribution in [0.15, 0.2) is 60.8 Å². The zero-order chi connectivity index (χ0) is 21.6. The number of anilines is 1. The Hall–Kier alpha value is -3.39. The molecular weight excluding hydrogens is 394 g/mol. The van der Waals surface area contributed by atoms with Crippen molar-refractivity contribution >= 4 is 11.5 Å². The summed E-state index contributed by atoms with van der Waals surface area (Å²) in [5, 5.41) is 11.0. The highest BCUT2D eigenvalue weighted by Crippen LogP contribution is 2.42. The van der Waals surface area contributed by atoms with E-state index in [2.05, 4.69) is 63.3 Å². The maximum absolute atomic E-state index is 11.0. The van der Waals surface area contributed by atoms with E-state index in [-0.39, 0.29) is 11.9 Å². The summed E-state index contributed by atoms with van der Waals surface area (Å²) in [4.78, 5) is 19.3. The van der Waals surface area contributed by atoms with E-state index in [0.29, 0.717) is 6.01 Å². The van der Waals surface area contributed by atoms with Gasteiger partial charge in [-0.3, -0.25) is 9.47 Å². The van der Waals surface area contributed by atoms with Crippen LogP contribution in [0.3, 0.4) is 0 Å². The van der Waals surface area contributed by atoms with E-state index >= 15 is 0 Å². The largest absolute Gasteiger partial charge is 0.422 e. The third kappa shape index (κ3) is 3.33. The van der Waals surface area contributed by atoms with Gasteiger partial charge in [0.05, 0.1) is 6.04 Å². The van der Waals surface area contributed by atoms with E-state index in [9.17, 15) is 10.1 Å². The van der Waals surface area contributed by atoms with Crippen LogP contribution in [0.4, 0.5) is 11.5 Å². The monoisotopic (exact) mass is 419 g/mol. The molecule has 1 aromatic heterocycles. The van der Waals surface area contributed by atoms with E-state index in [1.165, 1.54) is 23.0 Å². The molecule has 31 heavy (non-hydrogen) atoms. The fraction of sp³-hybridized carbons (Fsp3) is 0.348. The van der Waals surface area contributed by atoms with Crippen molar-refractivity contribution in [2.75, 3.05) is 31.1 Å². The number of aromatic nitrogens is 2. The summed E-state index contributed by atoms with van der Waals surface area (Å²) in [6.45, 7) is 7.53. The fourth-order valence-electron chi connectivity index (χ4n) is 4.57. The molecule has 0 radical (unpaired) electrons. The summed E-state index contributed by atoms with van der Waals surface area (Å²) < 4.78 is 7.91. The summed E-state index contributed by atoms with van der Waals surface area (Å²) in [6, 6.07) is 19.3. The summed E-state index contributed by atoms with van der Waals surface area (Å²) >= 11 is 0. The van der Waals surface area contributed by atoms with Gasteiger partial charge < -0.3 is 19.8 Å². The number of nitrogens with zero attached hydrogens (tertiary/aromatic N) is 5. The molecule has 8 heteroatoms. The lowest BCUT2D eigenvalue weighted by Gasteiger charge is -2.44. The number of piperazine rings is 1. The third-order valence-electron chi connectivity index (χ3n) is 6.61. The van der Waals surface area contributed by atoms with Crippen molar-refractivity contribution < 1.29 is 9.66 Å². The van der Waals surface area contributed by atoms with Gasteiger partial charge in [-0.25, -0.2) is 0 Å². The maximum atomic E-state index is 11.0. The van der Waals surface area contributed by atoms with Gasteiger partial charge in [-0.05, 0) is 42.0 Å². The minimum Gasteiger partial charge on any atom is -0.422 e. The Kier molecular flexibility index (Phi) is 4.66. The van der Waals surface area contributed by atoms with Gasteiger partial charge in [0.1, 0.15) is 6.20 Å². The molecule has 2 atom stereocenters. The van der Waals surface area contributed by atoms with Gasteiger partial charge in [-0.15, -0.1) is 0 Å². The first-order valence-corrected chi connectivity index (χ1v) is 10.5. The number of ether oxygens (including phenoxy) is 1. The lowest BCUT2D eigenvalue weighted by atomic mass is 10.0. The number of benzene rings is 2. The average Bonchev–Trinajstić information content (AvgIpc) is 3.32. The lowest BCUT2D eigenvalue weighted by Crippen LogP contribution is -2.59. The van der Waals surface area contributed by atoms with Crippen LogP contribution in [0.2, 0.25) is 0 Å². The number of fused-ring (bicyclic) bond motifs is 1. The van der Waals surface area contributed by atoms with Gasteiger partial charge in [0.25, 0.3) is 0 Å². The fourth-order valence-corrected chi connectivity index (χ4v) is 4.57. The first-order valence-electron chi connectivity index (χ1n) is 10.5. The van der Waals surface area contributed by atoms with Crippen LogP contribution in [-0.4, -0.2) is 51.3 Å². The molecule has 8 nitrogen and oxygen atoms in total. The maximum Gasteiger partial charge on any atom is 0.416 e. The third-order valence-corrected chi connectivity index (χ3v) is 6.61. The highest BCUT2D eigenvalue weighted by Gasteiger charge is 2.50. The molecule has 1 fully saturated rings. The van der Waals surface area contributed by atoms with E-state index in [4.69, 9.17) is 4.74 Å². The molecule has 0 saturated carbocycles. The first kappa shape index (κ1) is 19.6. The Morgan fingerprint density at radius 2 is 1.68 bits per heavy atom. The summed E-state index contributed by atoms with van der Waals surface area (Å²) in [7, 11) is 0. The Bertz CT molecular complexity index is 1090.